The van der Waals surface area contributed by atoms with Crippen LogP contribution in [0.4, 0.5) is 5.69 Å². The van der Waals surface area contributed by atoms with Gasteiger partial charge in [-0.05, 0) is 79.1 Å². The van der Waals surface area contributed by atoms with Gasteiger partial charge in [0.1, 0.15) is 5.75 Å². The summed E-state index contributed by atoms with van der Waals surface area (Å²) in [5, 5.41) is 3.08. The second-order valence-electron chi connectivity index (χ2n) is 10.4. The van der Waals surface area contributed by atoms with Crippen LogP contribution >= 0.6 is 0 Å². The van der Waals surface area contributed by atoms with Crippen LogP contribution in [0, 0.1) is 0 Å². The summed E-state index contributed by atoms with van der Waals surface area (Å²) in [6, 6.07) is 23.2. The number of nitrogens with zero attached hydrogens (tertiary/aromatic N) is 3. The molecular weight excluding hydrogens is 500 g/mol. The van der Waals surface area contributed by atoms with Crippen LogP contribution in [0.3, 0.4) is 0 Å². The molecule has 6 rings (SSSR count). The summed E-state index contributed by atoms with van der Waals surface area (Å²) in [7, 11) is 2.17. The van der Waals surface area contributed by atoms with Crippen molar-refractivity contribution in [3.63, 3.8) is 0 Å². The van der Waals surface area contributed by atoms with E-state index in [-0.39, 0.29) is 5.91 Å². The summed E-state index contributed by atoms with van der Waals surface area (Å²) in [6.45, 7) is 3.02. The summed E-state index contributed by atoms with van der Waals surface area (Å²) >= 11 is 0. The summed E-state index contributed by atoms with van der Waals surface area (Å²) in [5.41, 5.74) is 6.85. The number of benzene rings is 3. The second kappa shape index (κ2) is 11.9. The van der Waals surface area contributed by atoms with E-state index in [4.69, 9.17) is 9.47 Å². The zero-order valence-electron chi connectivity index (χ0n) is 22.8. The van der Waals surface area contributed by atoms with E-state index >= 15 is 0 Å². The Kier molecular flexibility index (Phi) is 7.75. The highest BCUT2D eigenvalue weighted by atomic mass is 16.5. The zero-order chi connectivity index (χ0) is 27.3. The van der Waals surface area contributed by atoms with Crippen LogP contribution in [0.15, 0.2) is 91.0 Å². The fourth-order valence-electron chi connectivity index (χ4n) is 5.37. The van der Waals surface area contributed by atoms with Gasteiger partial charge in [0.25, 0.3) is 5.91 Å². The molecule has 7 nitrogen and oxygen atoms in total. The molecule has 1 saturated heterocycles. The van der Waals surface area contributed by atoms with E-state index in [1.165, 1.54) is 5.56 Å². The molecule has 1 fully saturated rings. The van der Waals surface area contributed by atoms with Crippen molar-refractivity contribution in [1.82, 2.24) is 14.5 Å². The van der Waals surface area contributed by atoms with Crippen molar-refractivity contribution in [1.29, 1.82) is 0 Å². The molecule has 4 aromatic rings. The largest absolute Gasteiger partial charge is 0.493 e. The number of ether oxygens (including phenoxy) is 2. The Bertz CT molecular complexity index is 1470. The molecule has 2 aliphatic rings. The number of carbonyl (C=O) groups is 1. The normalized spacial score (nSPS) is 15.6. The summed E-state index contributed by atoms with van der Waals surface area (Å²) in [6.07, 6.45) is 10.1. The number of hydrogen-bond acceptors (Lipinski definition) is 5. The maximum atomic E-state index is 13.2. The van der Waals surface area contributed by atoms with Crippen LogP contribution < -0.4 is 10.1 Å². The van der Waals surface area contributed by atoms with Crippen LogP contribution in [0.5, 0.6) is 5.75 Å². The minimum atomic E-state index is -0.0985. The highest BCUT2D eigenvalue weighted by Crippen LogP contribution is 2.32. The number of nitrogens with one attached hydrogen (secondary N) is 1. The highest BCUT2D eigenvalue weighted by Gasteiger charge is 2.19. The molecule has 0 atom stereocenters. The molecule has 2 aliphatic heterocycles. The molecule has 1 aromatic heterocycles. The number of amides is 1. The van der Waals surface area contributed by atoms with Crippen molar-refractivity contribution in [2.45, 2.75) is 31.8 Å². The fourth-order valence-corrected chi connectivity index (χ4v) is 5.37. The lowest BCUT2D eigenvalue weighted by molar-refractivity contribution is -0.113. The van der Waals surface area contributed by atoms with E-state index in [2.05, 4.69) is 70.8 Å². The first-order chi connectivity index (χ1) is 19.6. The number of aromatic nitrogens is 2. The molecule has 3 heterocycles. The minimum absolute atomic E-state index is 0.0985. The Hall–Kier alpha value is -4.20. The van der Waals surface area contributed by atoms with Crippen LogP contribution in [-0.4, -0.2) is 53.3 Å². The number of anilines is 1. The highest BCUT2D eigenvalue weighted by molar-refractivity contribution is 6.07. The third kappa shape index (κ3) is 6.01. The van der Waals surface area contributed by atoms with E-state index in [0.717, 1.165) is 66.4 Å². The van der Waals surface area contributed by atoms with E-state index in [0.29, 0.717) is 24.6 Å². The predicted molar refractivity (Wildman–Crippen MR) is 157 cm³/mol. The number of rotatable bonds is 7. The molecule has 40 heavy (non-hydrogen) atoms. The van der Waals surface area contributed by atoms with Gasteiger partial charge in [0, 0.05) is 67.1 Å². The Labute approximate surface area is 235 Å². The lowest BCUT2D eigenvalue weighted by Crippen LogP contribution is -2.36. The third-order valence-corrected chi connectivity index (χ3v) is 7.72. The molecule has 7 heteroatoms. The molecule has 0 radical (unpaired) electrons. The van der Waals surface area contributed by atoms with Crippen molar-refractivity contribution in [3.8, 4) is 22.6 Å². The van der Waals surface area contributed by atoms with Crippen molar-refractivity contribution >= 4 is 17.7 Å². The van der Waals surface area contributed by atoms with E-state index in [1.54, 1.807) is 12.5 Å². The maximum Gasteiger partial charge on any atom is 0.251 e. The monoisotopic (exact) mass is 534 g/mol. The van der Waals surface area contributed by atoms with Gasteiger partial charge in [0.05, 0.1) is 12.9 Å². The average molecular weight is 535 g/mol. The Morgan fingerprint density at radius 3 is 2.52 bits per heavy atom. The SMILES string of the molecule is CN(Cc1ccc(NC(=O)C2=Cc3cc(-c4ccc(-n5ccnc5)cc4)ccc3OCC2)cc1)C1CCOCC1. The standard InChI is InChI=1S/C33H34N4O3/c1-36(30-13-17-39-18-14-30)22-24-2-7-29(8-3-24)35-33(38)27-12-19-40-32-11-6-26(20-28(32)21-27)25-4-9-31(10-5-25)37-16-15-34-23-37/h2-11,15-16,20-21,23,30H,12-14,17-19,22H2,1H3,(H,35,38). The van der Waals surface area contributed by atoms with Crippen molar-refractivity contribution in [2.75, 3.05) is 32.2 Å². The van der Waals surface area contributed by atoms with Gasteiger partial charge < -0.3 is 19.4 Å². The smallest absolute Gasteiger partial charge is 0.251 e. The Balaban J connectivity index is 1.13. The third-order valence-electron chi connectivity index (χ3n) is 7.72. The lowest BCUT2D eigenvalue weighted by Gasteiger charge is -2.31. The summed E-state index contributed by atoms with van der Waals surface area (Å²) < 4.78 is 13.4. The van der Waals surface area contributed by atoms with Crippen LogP contribution in [0.25, 0.3) is 22.9 Å². The lowest BCUT2D eigenvalue weighted by atomic mass is 10.0. The average Bonchev–Trinajstić information content (AvgIpc) is 3.45. The molecule has 0 bridgehead atoms. The van der Waals surface area contributed by atoms with Gasteiger partial charge in [0.15, 0.2) is 0 Å². The van der Waals surface area contributed by atoms with Gasteiger partial charge in [-0.25, -0.2) is 4.98 Å². The van der Waals surface area contributed by atoms with Crippen molar-refractivity contribution in [3.05, 3.63) is 102 Å². The molecule has 204 valence electrons. The Morgan fingerprint density at radius 1 is 1.00 bits per heavy atom. The first-order valence-corrected chi connectivity index (χ1v) is 13.9. The second-order valence-corrected chi connectivity index (χ2v) is 10.4. The Morgan fingerprint density at radius 2 is 1.77 bits per heavy atom. The maximum absolute atomic E-state index is 13.2. The first-order valence-electron chi connectivity index (χ1n) is 13.9. The van der Waals surface area contributed by atoms with Gasteiger partial charge in [-0.2, -0.15) is 0 Å². The fraction of sp³-hybridized carbons (Fsp3) is 0.273. The molecule has 1 amide bonds. The summed E-state index contributed by atoms with van der Waals surface area (Å²) in [4.78, 5) is 19.8. The van der Waals surface area contributed by atoms with Crippen LogP contribution in [0.1, 0.15) is 30.4 Å². The molecule has 0 unspecified atom stereocenters. The van der Waals surface area contributed by atoms with Gasteiger partial charge in [-0.15, -0.1) is 0 Å². The van der Waals surface area contributed by atoms with E-state index < -0.39 is 0 Å². The van der Waals surface area contributed by atoms with Gasteiger partial charge in [-0.1, -0.05) is 30.3 Å². The number of carbonyl (C=O) groups excluding carboxylic acids is 1. The van der Waals surface area contributed by atoms with Gasteiger partial charge in [-0.3, -0.25) is 9.69 Å². The van der Waals surface area contributed by atoms with Crippen LogP contribution in [-0.2, 0) is 16.1 Å². The van der Waals surface area contributed by atoms with E-state index in [1.807, 2.05) is 35.0 Å². The van der Waals surface area contributed by atoms with Crippen molar-refractivity contribution in [2.24, 2.45) is 0 Å². The van der Waals surface area contributed by atoms with E-state index in [9.17, 15) is 4.79 Å². The molecule has 1 N–H and O–H groups in total. The number of fused-ring (bicyclic) bond motifs is 1. The number of hydrogen-bond donors (Lipinski definition) is 1. The predicted octanol–water partition coefficient (Wildman–Crippen LogP) is 5.95. The molecule has 0 spiro atoms. The topological polar surface area (TPSA) is 68.6 Å². The molecule has 0 saturated carbocycles. The quantitative estimate of drug-likeness (QED) is 0.317. The van der Waals surface area contributed by atoms with Crippen molar-refractivity contribution < 1.29 is 14.3 Å². The summed E-state index contributed by atoms with van der Waals surface area (Å²) in [5.74, 6) is 0.693. The first kappa shape index (κ1) is 26.0. The zero-order valence-corrected chi connectivity index (χ0v) is 22.8. The molecule has 3 aromatic carbocycles. The van der Waals surface area contributed by atoms with Crippen LogP contribution in [0.2, 0.25) is 0 Å². The molecule has 0 aliphatic carbocycles. The van der Waals surface area contributed by atoms with Gasteiger partial charge >= 0.3 is 0 Å². The minimum Gasteiger partial charge on any atom is -0.493 e. The number of imidazole rings is 1. The van der Waals surface area contributed by atoms with Gasteiger partial charge in [0.2, 0.25) is 0 Å². The molecular formula is C33H34N4O3.